The van der Waals surface area contributed by atoms with Crippen LogP contribution in [0.4, 0.5) is 0 Å². The second-order valence-electron chi connectivity index (χ2n) is 4.20. The van der Waals surface area contributed by atoms with Gasteiger partial charge in [0.2, 0.25) is 0 Å². The molecule has 0 spiro atoms. The first kappa shape index (κ1) is 11.4. The highest BCUT2D eigenvalue weighted by molar-refractivity contribution is 7.18. The summed E-state index contributed by atoms with van der Waals surface area (Å²) in [6.07, 6.45) is 0. The van der Waals surface area contributed by atoms with Crippen LogP contribution in [0.2, 0.25) is 5.02 Å². The molecule has 0 amide bonds. The minimum atomic E-state index is 0.358. The lowest BCUT2D eigenvalue weighted by Crippen LogP contribution is -2.30. The van der Waals surface area contributed by atoms with Crippen molar-refractivity contribution in [1.82, 2.24) is 10.3 Å². The molecule has 2 unspecified atom stereocenters. The van der Waals surface area contributed by atoms with E-state index < -0.39 is 0 Å². The van der Waals surface area contributed by atoms with Crippen LogP contribution >= 0.6 is 22.9 Å². The molecule has 1 aromatic heterocycles. The summed E-state index contributed by atoms with van der Waals surface area (Å²) in [5, 5.41) is 5.19. The van der Waals surface area contributed by atoms with E-state index in [-0.39, 0.29) is 0 Å². The molecule has 1 aliphatic rings. The third-order valence-corrected chi connectivity index (χ3v) is 4.52. The molecule has 0 radical (unpaired) electrons. The Morgan fingerprint density at radius 3 is 3.18 bits per heavy atom. The van der Waals surface area contributed by atoms with Crippen molar-refractivity contribution in [3.63, 3.8) is 0 Å². The Bertz CT molecular complexity index is 542. The van der Waals surface area contributed by atoms with E-state index in [1.165, 1.54) is 0 Å². The Balaban J connectivity index is 2.00. The van der Waals surface area contributed by atoms with Gasteiger partial charge in [-0.25, -0.2) is 4.98 Å². The van der Waals surface area contributed by atoms with Gasteiger partial charge in [0, 0.05) is 11.1 Å². The Morgan fingerprint density at radius 2 is 2.35 bits per heavy atom. The Kier molecular flexibility index (Phi) is 3.04. The molecular formula is C12H13ClN2OS. The van der Waals surface area contributed by atoms with Gasteiger partial charge in [0.15, 0.2) is 0 Å². The van der Waals surface area contributed by atoms with Crippen molar-refractivity contribution in [2.24, 2.45) is 0 Å². The van der Waals surface area contributed by atoms with E-state index in [4.69, 9.17) is 16.3 Å². The van der Waals surface area contributed by atoms with Crippen LogP contribution in [0, 0.1) is 0 Å². The molecule has 3 nitrogen and oxygen atoms in total. The quantitative estimate of drug-likeness (QED) is 0.909. The standard InChI is InChI=1S/C12H13ClN2OS/c1-14-10-6-16-5-8(10)12-15-9-3-2-7(13)4-11(9)17-12/h2-4,8,10,14H,5-6H2,1H3. The average Bonchev–Trinajstić information content (AvgIpc) is 2.93. The number of halogens is 1. The van der Waals surface area contributed by atoms with E-state index >= 15 is 0 Å². The Morgan fingerprint density at radius 1 is 1.47 bits per heavy atom. The van der Waals surface area contributed by atoms with Crippen LogP contribution < -0.4 is 5.32 Å². The molecule has 1 saturated heterocycles. The van der Waals surface area contributed by atoms with Crippen molar-refractivity contribution in [3.05, 3.63) is 28.2 Å². The molecule has 3 rings (SSSR count). The molecule has 2 heterocycles. The molecule has 0 saturated carbocycles. The first-order valence-electron chi connectivity index (χ1n) is 5.59. The number of hydrogen-bond acceptors (Lipinski definition) is 4. The van der Waals surface area contributed by atoms with E-state index in [0.29, 0.717) is 12.0 Å². The fraction of sp³-hybridized carbons (Fsp3) is 0.417. The summed E-state index contributed by atoms with van der Waals surface area (Å²) in [5.74, 6) is 0.358. The third-order valence-electron chi connectivity index (χ3n) is 3.14. The molecule has 0 aliphatic carbocycles. The molecule has 90 valence electrons. The Hall–Kier alpha value is -0.680. The van der Waals surface area contributed by atoms with Gasteiger partial charge in [0.05, 0.1) is 29.3 Å². The summed E-state index contributed by atoms with van der Waals surface area (Å²) < 4.78 is 6.66. The molecular weight excluding hydrogens is 256 g/mol. The van der Waals surface area contributed by atoms with E-state index in [0.717, 1.165) is 33.5 Å². The zero-order valence-electron chi connectivity index (χ0n) is 9.44. The zero-order valence-corrected chi connectivity index (χ0v) is 11.0. The van der Waals surface area contributed by atoms with Crippen molar-refractivity contribution >= 4 is 33.2 Å². The molecule has 1 fully saturated rings. The molecule has 1 aromatic carbocycles. The van der Waals surface area contributed by atoms with Crippen LogP contribution in [0.15, 0.2) is 18.2 Å². The first-order valence-corrected chi connectivity index (χ1v) is 6.78. The normalized spacial score (nSPS) is 24.6. The van der Waals surface area contributed by atoms with Gasteiger partial charge < -0.3 is 10.1 Å². The van der Waals surface area contributed by atoms with Crippen molar-refractivity contribution < 1.29 is 4.74 Å². The first-order chi connectivity index (χ1) is 8.28. The SMILES string of the molecule is CNC1COCC1c1nc2ccc(Cl)cc2s1. The van der Waals surface area contributed by atoms with Crippen molar-refractivity contribution in [2.75, 3.05) is 20.3 Å². The van der Waals surface area contributed by atoms with E-state index in [1.807, 2.05) is 25.2 Å². The summed E-state index contributed by atoms with van der Waals surface area (Å²) in [6.45, 7) is 1.51. The van der Waals surface area contributed by atoms with Crippen molar-refractivity contribution in [3.8, 4) is 0 Å². The number of aromatic nitrogens is 1. The second kappa shape index (κ2) is 4.53. The summed E-state index contributed by atoms with van der Waals surface area (Å²) in [5.41, 5.74) is 1.02. The summed E-state index contributed by atoms with van der Waals surface area (Å²) in [6, 6.07) is 6.20. The van der Waals surface area contributed by atoms with Crippen LogP contribution in [0.5, 0.6) is 0 Å². The number of benzene rings is 1. The largest absolute Gasteiger partial charge is 0.379 e. The Labute approximate surface area is 109 Å². The number of ether oxygens (including phenoxy) is 1. The van der Waals surface area contributed by atoms with Crippen LogP contribution in [-0.4, -0.2) is 31.3 Å². The number of fused-ring (bicyclic) bond motifs is 1. The van der Waals surface area contributed by atoms with Crippen LogP contribution in [-0.2, 0) is 4.74 Å². The van der Waals surface area contributed by atoms with Gasteiger partial charge in [-0.05, 0) is 25.2 Å². The monoisotopic (exact) mass is 268 g/mol. The maximum absolute atomic E-state index is 5.99. The molecule has 1 aliphatic heterocycles. The fourth-order valence-electron chi connectivity index (χ4n) is 2.16. The van der Waals surface area contributed by atoms with Crippen molar-refractivity contribution in [2.45, 2.75) is 12.0 Å². The molecule has 17 heavy (non-hydrogen) atoms. The lowest BCUT2D eigenvalue weighted by atomic mass is 10.1. The summed E-state index contributed by atoms with van der Waals surface area (Å²) in [7, 11) is 1.97. The molecule has 5 heteroatoms. The van der Waals surface area contributed by atoms with E-state index in [2.05, 4.69) is 10.3 Å². The maximum Gasteiger partial charge on any atom is 0.101 e. The lowest BCUT2D eigenvalue weighted by Gasteiger charge is -2.13. The number of nitrogens with zero attached hydrogens (tertiary/aromatic N) is 1. The van der Waals surface area contributed by atoms with E-state index in [1.54, 1.807) is 11.3 Å². The lowest BCUT2D eigenvalue weighted by molar-refractivity contribution is 0.188. The van der Waals surface area contributed by atoms with Gasteiger partial charge in [-0.15, -0.1) is 11.3 Å². The molecule has 2 aromatic rings. The topological polar surface area (TPSA) is 34.1 Å². The number of hydrogen-bond donors (Lipinski definition) is 1. The third kappa shape index (κ3) is 2.06. The number of likely N-dealkylation sites (N-methyl/N-ethyl adjacent to an activating group) is 1. The van der Waals surface area contributed by atoms with Crippen LogP contribution in [0.3, 0.4) is 0 Å². The molecule has 0 bridgehead atoms. The summed E-state index contributed by atoms with van der Waals surface area (Å²) >= 11 is 7.70. The second-order valence-corrected chi connectivity index (χ2v) is 5.70. The highest BCUT2D eigenvalue weighted by Crippen LogP contribution is 2.33. The average molecular weight is 269 g/mol. The maximum atomic E-state index is 5.99. The highest BCUT2D eigenvalue weighted by atomic mass is 35.5. The van der Waals surface area contributed by atoms with Gasteiger partial charge in [0.1, 0.15) is 5.01 Å². The predicted molar refractivity (Wildman–Crippen MR) is 71.0 cm³/mol. The smallest absolute Gasteiger partial charge is 0.101 e. The minimum Gasteiger partial charge on any atom is -0.379 e. The number of thiazole rings is 1. The van der Waals surface area contributed by atoms with Crippen LogP contribution in [0.25, 0.3) is 10.2 Å². The molecule has 1 N–H and O–H groups in total. The number of nitrogens with one attached hydrogen (secondary N) is 1. The fourth-order valence-corrected chi connectivity index (χ4v) is 3.55. The highest BCUT2D eigenvalue weighted by Gasteiger charge is 2.30. The summed E-state index contributed by atoms with van der Waals surface area (Å²) in [4.78, 5) is 4.67. The number of rotatable bonds is 2. The molecule has 2 atom stereocenters. The predicted octanol–water partition coefficient (Wildman–Crippen LogP) is 2.65. The van der Waals surface area contributed by atoms with Gasteiger partial charge >= 0.3 is 0 Å². The zero-order chi connectivity index (χ0) is 11.8. The van der Waals surface area contributed by atoms with E-state index in [9.17, 15) is 0 Å². The minimum absolute atomic E-state index is 0.358. The van der Waals surface area contributed by atoms with Gasteiger partial charge in [-0.3, -0.25) is 0 Å². The van der Waals surface area contributed by atoms with Gasteiger partial charge in [-0.2, -0.15) is 0 Å². The van der Waals surface area contributed by atoms with Crippen molar-refractivity contribution in [1.29, 1.82) is 0 Å². The van der Waals surface area contributed by atoms with Crippen LogP contribution in [0.1, 0.15) is 10.9 Å². The van der Waals surface area contributed by atoms with Gasteiger partial charge in [-0.1, -0.05) is 11.6 Å². The van der Waals surface area contributed by atoms with Gasteiger partial charge in [0.25, 0.3) is 0 Å².